The van der Waals surface area contributed by atoms with Crippen molar-refractivity contribution in [2.75, 3.05) is 13.1 Å². The molecule has 0 saturated carbocycles. The summed E-state index contributed by atoms with van der Waals surface area (Å²) >= 11 is 0. The van der Waals surface area contributed by atoms with Crippen molar-refractivity contribution in [1.82, 2.24) is 35.1 Å². The fraction of sp³-hybridized carbons (Fsp3) is 0.636. The van der Waals surface area contributed by atoms with Crippen LogP contribution in [0.25, 0.3) is 11.5 Å². The van der Waals surface area contributed by atoms with Crippen molar-refractivity contribution in [1.29, 1.82) is 0 Å². The smallest absolute Gasteiger partial charge is 0.180 e. The molecule has 0 spiro atoms. The first-order chi connectivity index (χ1) is 8.78. The third-order valence-corrected chi connectivity index (χ3v) is 3.15. The second-order valence-corrected chi connectivity index (χ2v) is 4.62. The van der Waals surface area contributed by atoms with E-state index >= 15 is 0 Å². The van der Waals surface area contributed by atoms with Crippen LogP contribution in [0, 0.1) is 0 Å². The standard InChI is InChI=1S/C11H17N7/c1-3-4-10-13-11(17(2)15-10)9-7-18(16-14-9)8-5-12-6-8/h7-8,12H,3-6H2,1-2H3. The van der Waals surface area contributed by atoms with Crippen LogP contribution in [0.5, 0.6) is 0 Å². The number of hydrogen-bond donors (Lipinski definition) is 1. The van der Waals surface area contributed by atoms with Crippen molar-refractivity contribution in [2.45, 2.75) is 25.8 Å². The van der Waals surface area contributed by atoms with E-state index in [1.54, 1.807) is 4.68 Å². The zero-order valence-electron chi connectivity index (χ0n) is 10.7. The van der Waals surface area contributed by atoms with Crippen molar-refractivity contribution >= 4 is 0 Å². The summed E-state index contributed by atoms with van der Waals surface area (Å²) in [5.41, 5.74) is 0.791. The van der Waals surface area contributed by atoms with E-state index < -0.39 is 0 Å². The Morgan fingerprint density at radius 3 is 2.94 bits per heavy atom. The van der Waals surface area contributed by atoms with Crippen LogP contribution >= 0.6 is 0 Å². The fourth-order valence-corrected chi connectivity index (χ4v) is 2.01. The number of nitrogens with zero attached hydrogens (tertiary/aromatic N) is 6. The predicted molar refractivity (Wildman–Crippen MR) is 65.9 cm³/mol. The molecule has 1 aliphatic rings. The Kier molecular flexibility index (Phi) is 2.83. The van der Waals surface area contributed by atoms with Gasteiger partial charge in [0.25, 0.3) is 0 Å². The molecule has 3 heterocycles. The maximum Gasteiger partial charge on any atom is 0.180 e. The van der Waals surface area contributed by atoms with Gasteiger partial charge in [0.05, 0.1) is 12.2 Å². The molecule has 2 aromatic rings. The molecule has 0 aliphatic carbocycles. The minimum atomic E-state index is 0.426. The predicted octanol–water partition coefficient (Wildman–Crippen LogP) is 0.170. The first kappa shape index (κ1) is 11.3. The van der Waals surface area contributed by atoms with Gasteiger partial charge in [0.1, 0.15) is 5.69 Å². The van der Waals surface area contributed by atoms with Crippen molar-refractivity contribution < 1.29 is 0 Å². The molecule has 96 valence electrons. The minimum Gasteiger partial charge on any atom is -0.312 e. The molecular weight excluding hydrogens is 230 g/mol. The zero-order valence-corrected chi connectivity index (χ0v) is 10.7. The van der Waals surface area contributed by atoms with E-state index in [1.807, 2.05) is 17.9 Å². The number of nitrogens with one attached hydrogen (secondary N) is 1. The molecule has 0 amide bonds. The number of rotatable bonds is 4. The van der Waals surface area contributed by atoms with Crippen molar-refractivity contribution in [3.8, 4) is 11.5 Å². The normalized spacial score (nSPS) is 15.9. The van der Waals surface area contributed by atoms with E-state index in [2.05, 4.69) is 32.6 Å². The lowest BCUT2D eigenvalue weighted by Crippen LogP contribution is -2.43. The van der Waals surface area contributed by atoms with Gasteiger partial charge in [-0.15, -0.1) is 5.10 Å². The molecular formula is C11H17N7. The molecule has 0 bridgehead atoms. The van der Waals surface area contributed by atoms with Gasteiger partial charge in [-0.3, -0.25) is 0 Å². The highest BCUT2D eigenvalue weighted by Gasteiger charge is 2.21. The molecule has 18 heavy (non-hydrogen) atoms. The summed E-state index contributed by atoms with van der Waals surface area (Å²) in [6.45, 7) is 4.04. The number of aryl methyl sites for hydroxylation is 2. The molecule has 0 radical (unpaired) electrons. The lowest BCUT2D eigenvalue weighted by atomic mass is 10.2. The average molecular weight is 247 g/mol. The molecule has 1 fully saturated rings. The van der Waals surface area contributed by atoms with Crippen LogP contribution in [-0.2, 0) is 13.5 Å². The van der Waals surface area contributed by atoms with Gasteiger partial charge in [0, 0.05) is 26.6 Å². The lowest BCUT2D eigenvalue weighted by Gasteiger charge is -2.26. The van der Waals surface area contributed by atoms with E-state index in [-0.39, 0.29) is 0 Å². The molecule has 0 atom stereocenters. The Hall–Kier alpha value is -1.76. The summed E-state index contributed by atoms with van der Waals surface area (Å²) < 4.78 is 3.68. The van der Waals surface area contributed by atoms with Crippen LogP contribution in [0.15, 0.2) is 6.20 Å². The van der Waals surface area contributed by atoms with E-state index in [0.717, 1.165) is 43.3 Å². The molecule has 2 aromatic heterocycles. The molecule has 1 aliphatic heterocycles. The van der Waals surface area contributed by atoms with Crippen LogP contribution in [-0.4, -0.2) is 42.8 Å². The second-order valence-electron chi connectivity index (χ2n) is 4.62. The molecule has 1 N–H and O–H groups in total. The summed E-state index contributed by atoms with van der Waals surface area (Å²) in [6.07, 6.45) is 3.89. The minimum absolute atomic E-state index is 0.426. The Morgan fingerprint density at radius 1 is 1.44 bits per heavy atom. The van der Waals surface area contributed by atoms with Gasteiger partial charge in [-0.05, 0) is 6.42 Å². The zero-order chi connectivity index (χ0) is 12.5. The van der Waals surface area contributed by atoms with Crippen molar-refractivity contribution in [3.63, 3.8) is 0 Å². The highest BCUT2D eigenvalue weighted by atomic mass is 15.5. The first-order valence-electron chi connectivity index (χ1n) is 6.30. The molecule has 7 heteroatoms. The lowest BCUT2D eigenvalue weighted by molar-refractivity contribution is 0.313. The summed E-state index contributed by atoms with van der Waals surface area (Å²) in [7, 11) is 1.89. The largest absolute Gasteiger partial charge is 0.312 e. The topological polar surface area (TPSA) is 73.5 Å². The van der Waals surface area contributed by atoms with E-state index in [4.69, 9.17) is 0 Å². The molecule has 7 nitrogen and oxygen atoms in total. The maximum atomic E-state index is 4.51. The summed E-state index contributed by atoms with van der Waals surface area (Å²) in [5, 5.41) is 15.9. The van der Waals surface area contributed by atoms with Crippen molar-refractivity contribution in [2.24, 2.45) is 7.05 Å². The van der Waals surface area contributed by atoms with Gasteiger partial charge in [-0.2, -0.15) is 5.10 Å². The summed E-state index contributed by atoms with van der Waals surface area (Å²) in [5.74, 6) is 1.66. The fourth-order valence-electron chi connectivity index (χ4n) is 2.01. The first-order valence-corrected chi connectivity index (χ1v) is 6.30. The van der Waals surface area contributed by atoms with Gasteiger partial charge in [-0.25, -0.2) is 14.3 Å². The number of hydrogen-bond acceptors (Lipinski definition) is 5. The molecule has 0 unspecified atom stereocenters. The van der Waals surface area contributed by atoms with E-state index in [9.17, 15) is 0 Å². The van der Waals surface area contributed by atoms with Crippen LogP contribution in [0.4, 0.5) is 0 Å². The summed E-state index contributed by atoms with van der Waals surface area (Å²) in [6, 6.07) is 0.426. The van der Waals surface area contributed by atoms with E-state index in [1.165, 1.54) is 0 Å². The Labute approximate surface area is 105 Å². The third-order valence-electron chi connectivity index (χ3n) is 3.15. The monoisotopic (exact) mass is 247 g/mol. The molecule has 3 rings (SSSR count). The number of aromatic nitrogens is 6. The van der Waals surface area contributed by atoms with Gasteiger partial charge in [0.15, 0.2) is 11.6 Å². The van der Waals surface area contributed by atoms with Gasteiger partial charge in [-0.1, -0.05) is 12.1 Å². The van der Waals surface area contributed by atoms with Crippen LogP contribution in [0.1, 0.15) is 25.2 Å². The Balaban J connectivity index is 1.86. The van der Waals surface area contributed by atoms with Crippen LogP contribution in [0.3, 0.4) is 0 Å². The molecule has 0 aromatic carbocycles. The highest BCUT2D eigenvalue weighted by Crippen LogP contribution is 2.17. The van der Waals surface area contributed by atoms with Crippen LogP contribution in [0.2, 0.25) is 0 Å². The summed E-state index contributed by atoms with van der Waals surface area (Å²) in [4.78, 5) is 4.51. The van der Waals surface area contributed by atoms with Crippen LogP contribution < -0.4 is 5.32 Å². The average Bonchev–Trinajstić information content (AvgIpc) is 2.84. The molecule has 1 saturated heterocycles. The second kappa shape index (κ2) is 4.49. The SMILES string of the molecule is CCCc1nc(-c2cn(C3CNC3)nn2)n(C)n1. The van der Waals surface area contributed by atoms with Gasteiger partial charge < -0.3 is 5.32 Å². The van der Waals surface area contributed by atoms with Gasteiger partial charge in [0.2, 0.25) is 0 Å². The van der Waals surface area contributed by atoms with Gasteiger partial charge >= 0.3 is 0 Å². The Bertz CT molecular complexity index is 537. The van der Waals surface area contributed by atoms with Crippen molar-refractivity contribution in [3.05, 3.63) is 12.0 Å². The Morgan fingerprint density at radius 2 is 2.28 bits per heavy atom. The third kappa shape index (κ3) is 1.90. The highest BCUT2D eigenvalue weighted by molar-refractivity contribution is 5.46. The maximum absolute atomic E-state index is 4.51. The quantitative estimate of drug-likeness (QED) is 0.833. The van der Waals surface area contributed by atoms with E-state index in [0.29, 0.717) is 6.04 Å².